The van der Waals surface area contributed by atoms with Crippen LogP contribution < -0.4 is 19.8 Å². The molecule has 3 amide bonds. The van der Waals surface area contributed by atoms with E-state index in [2.05, 4.69) is 10.3 Å². The second-order valence-electron chi connectivity index (χ2n) is 10.9. The number of amides is 3. The summed E-state index contributed by atoms with van der Waals surface area (Å²) in [5.74, 6) is -3.79. The van der Waals surface area contributed by atoms with Crippen molar-refractivity contribution >= 4 is 74.6 Å². The number of ether oxygens (including phenoxy) is 1. The second-order valence-corrected chi connectivity index (χ2v) is 13.5. The van der Waals surface area contributed by atoms with E-state index in [0.717, 1.165) is 57.0 Å². The maximum absolute atomic E-state index is 14.1. The minimum Gasteiger partial charge on any atom is -0.483 e. The lowest BCUT2D eigenvalue weighted by atomic mass is 9.82. The number of aromatic amines is 1. The third-order valence-electron chi connectivity index (χ3n) is 7.98. The molecule has 0 saturated carbocycles. The van der Waals surface area contributed by atoms with Crippen LogP contribution in [-0.2, 0) is 20.6 Å². The molecule has 0 aliphatic carbocycles. The first-order valence-electron chi connectivity index (χ1n) is 14.1. The van der Waals surface area contributed by atoms with Crippen LogP contribution in [0, 0.1) is 5.92 Å². The van der Waals surface area contributed by atoms with E-state index in [0.29, 0.717) is 21.2 Å². The van der Waals surface area contributed by atoms with Gasteiger partial charge in [0, 0.05) is 32.5 Å². The van der Waals surface area contributed by atoms with E-state index in [1.165, 1.54) is 24.3 Å². The molecular formula is C33H21ClF3N3O5S2. The highest BCUT2D eigenvalue weighted by Gasteiger charge is 2.57. The van der Waals surface area contributed by atoms with Gasteiger partial charge in [0.15, 0.2) is 6.61 Å². The number of carbonyl (C=O) groups is 3. The summed E-state index contributed by atoms with van der Waals surface area (Å²) in [7, 11) is 0. The van der Waals surface area contributed by atoms with Crippen LogP contribution in [0.1, 0.15) is 21.9 Å². The molecule has 238 valence electrons. The van der Waals surface area contributed by atoms with Crippen LogP contribution in [0.4, 0.5) is 24.5 Å². The Labute approximate surface area is 277 Å². The van der Waals surface area contributed by atoms with Crippen LogP contribution in [0.3, 0.4) is 0 Å². The molecule has 1 aromatic heterocycles. The van der Waals surface area contributed by atoms with Crippen LogP contribution >= 0.6 is 34.7 Å². The lowest BCUT2D eigenvalue weighted by Crippen LogP contribution is -2.32. The van der Waals surface area contributed by atoms with E-state index in [1.807, 2.05) is 36.4 Å². The van der Waals surface area contributed by atoms with Gasteiger partial charge in [-0.25, -0.2) is 4.90 Å². The number of anilines is 2. The summed E-state index contributed by atoms with van der Waals surface area (Å²) in [5, 5.41) is 4.18. The second kappa shape index (κ2) is 11.9. The van der Waals surface area contributed by atoms with Gasteiger partial charge < -0.3 is 15.0 Å². The van der Waals surface area contributed by atoms with Gasteiger partial charge in [-0.05, 0) is 47.9 Å². The molecule has 2 aliphatic heterocycles. The number of carbonyl (C=O) groups excluding carboxylic acids is 3. The van der Waals surface area contributed by atoms with Gasteiger partial charge in [0.1, 0.15) is 11.0 Å². The zero-order valence-corrected chi connectivity index (χ0v) is 26.2. The normalized spacial score (nSPS) is 19.1. The molecule has 2 unspecified atom stereocenters. The first-order chi connectivity index (χ1) is 22.5. The Hall–Kier alpha value is -4.59. The number of benzene rings is 4. The Bertz CT molecular complexity index is 2140. The standard InChI is InChI=1S/C33H21ClF3N3O5S2/c34-18-11-12-23(45-15-24(41)38-22-10-3-6-16-5-1-2-9-20(16)22)21(14-18)25-26-28(46-29-27(25)47-32(44)39-29)31(43)40(30(26)42)19-8-4-7-17(13-19)33(35,36)37/h1-14,25-26,28H,15H2,(H,38,41)(H,39,44)/t25-,26?,28?/m1/s1. The molecule has 5 aromatic rings. The average Bonchev–Trinajstić information content (AvgIpc) is 3.54. The molecule has 3 heterocycles. The fourth-order valence-corrected chi connectivity index (χ4v) is 8.67. The Kier molecular flexibility index (Phi) is 7.85. The maximum Gasteiger partial charge on any atom is 0.416 e. The number of fused-ring (bicyclic) bond motifs is 3. The quantitative estimate of drug-likeness (QED) is 0.184. The number of H-pyrrole nitrogens is 1. The van der Waals surface area contributed by atoms with Gasteiger partial charge in [0.25, 0.3) is 5.91 Å². The van der Waals surface area contributed by atoms with Crippen molar-refractivity contribution in [2.24, 2.45) is 5.92 Å². The molecule has 2 N–H and O–H groups in total. The minimum absolute atomic E-state index is 0.183. The van der Waals surface area contributed by atoms with Crippen molar-refractivity contribution in [2.75, 3.05) is 16.8 Å². The smallest absolute Gasteiger partial charge is 0.416 e. The third kappa shape index (κ3) is 5.68. The summed E-state index contributed by atoms with van der Waals surface area (Å²) in [5.41, 5.74) is -0.292. The monoisotopic (exact) mass is 695 g/mol. The van der Waals surface area contributed by atoms with Crippen LogP contribution in [0.15, 0.2) is 94.7 Å². The molecular weight excluding hydrogens is 675 g/mol. The number of alkyl halides is 3. The van der Waals surface area contributed by atoms with Crippen LogP contribution in [0.2, 0.25) is 5.02 Å². The van der Waals surface area contributed by atoms with Gasteiger partial charge in [-0.2, -0.15) is 13.2 Å². The molecule has 47 heavy (non-hydrogen) atoms. The van der Waals surface area contributed by atoms with E-state index >= 15 is 0 Å². The molecule has 1 saturated heterocycles. The minimum atomic E-state index is -4.69. The lowest BCUT2D eigenvalue weighted by molar-refractivity contribution is -0.137. The molecule has 14 heteroatoms. The summed E-state index contributed by atoms with van der Waals surface area (Å²) >= 11 is 8.24. The molecule has 0 radical (unpaired) electrons. The van der Waals surface area contributed by atoms with Gasteiger partial charge in [0.05, 0.1) is 22.2 Å². The van der Waals surface area contributed by atoms with Crippen LogP contribution in [-0.4, -0.2) is 34.6 Å². The summed E-state index contributed by atoms with van der Waals surface area (Å²) in [4.78, 5) is 56.9. The van der Waals surface area contributed by atoms with Gasteiger partial charge in [-0.1, -0.05) is 77.2 Å². The Morgan fingerprint density at radius 2 is 1.72 bits per heavy atom. The number of halogens is 4. The highest BCUT2D eigenvalue weighted by molar-refractivity contribution is 8.00. The fraction of sp³-hybridized carbons (Fsp3) is 0.152. The molecule has 1 fully saturated rings. The van der Waals surface area contributed by atoms with Gasteiger partial charge in [0.2, 0.25) is 11.8 Å². The van der Waals surface area contributed by atoms with Crippen molar-refractivity contribution in [1.82, 2.24) is 4.98 Å². The molecule has 0 bridgehead atoms. The van der Waals surface area contributed by atoms with Crippen molar-refractivity contribution in [3.8, 4) is 5.75 Å². The first kappa shape index (κ1) is 31.0. The molecule has 8 nitrogen and oxygen atoms in total. The number of thioether (sulfide) groups is 1. The van der Waals surface area contributed by atoms with E-state index in [4.69, 9.17) is 16.3 Å². The van der Waals surface area contributed by atoms with E-state index in [1.54, 1.807) is 6.07 Å². The largest absolute Gasteiger partial charge is 0.483 e. The van der Waals surface area contributed by atoms with Crippen molar-refractivity contribution in [3.05, 3.63) is 116 Å². The molecule has 2 aliphatic rings. The van der Waals surface area contributed by atoms with E-state index in [9.17, 15) is 32.3 Å². The summed E-state index contributed by atoms with van der Waals surface area (Å²) in [6.07, 6.45) is -4.69. The van der Waals surface area contributed by atoms with E-state index < -0.39 is 58.0 Å². The molecule has 7 rings (SSSR count). The van der Waals surface area contributed by atoms with Crippen molar-refractivity contribution in [3.63, 3.8) is 0 Å². The number of hydrogen-bond donors (Lipinski definition) is 2. The fourth-order valence-electron chi connectivity index (χ4n) is 5.99. The number of imide groups is 1. The summed E-state index contributed by atoms with van der Waals surface area (Å²) in [6, 6.07) is 21.7. The topological polar surface area (TPSA) is 109 Å². The summed E-state index contributed by atoms with van der Waals surface area (Å²) in [6.45, 7) is -0.424. The number of aromatic nitrogens is 1. The molecule has 3 atom stereocenters. The van der Waals surface area contributed by atoms with E-state index in [-0.39, 0.29) is 16.5 Å². The Balaban J connectivity index is 1.23. The first-order valence-corrected chi connectivity index (χ1v) is 16.2. The molecule has 4 aromatic carbocycles. The summed E-state index contributed by atoms with van der Waals surface area (Å²) < 4.78 is 46.6. The van der Waals surface area contributed by atoms with Crippen LogP contribution in [0.25, 0.3) is 10.8 Å². The molecule has 0 spiro atoms. The number of rotatable bonds is 6. The third-order valence-corrected chi connectivity index (χ3v) is 10.6. The highest BCUT2D eigenvalue weighted by Crippen LogP contribution is 2.55. The highest BCUT2D eigenvalue weighted by atomic mass is 35.5. The number of thiazole rings is 1. The van der Waals surface area contributed by atoms with Crippen molar-refractivity contribution in [2.45, 2.75) is 22.4 Å². The van der Waals surface area contributed by atoms with Crippen LogP contribution in [0.5, 0.6) is 5.75 Å². The predicted octanol–water partition coefficient (Wildman–Crippen LogP) is 7.08. The Morgan fingerprint density at radius 1 is 0.957 bits per heavy atom. The predicted molar refractivity (Wildman–Crippen MR) is 173 cm³/mol. The van der Waals surface area contributed by atoms with Gasteiger partial charge in [-0.3, -0.25) is 19.2 Å². The lowest BCUT2D eigenvalue weighted by Gasteiger charge is -2.31. The Morgan fingerprint density at radius 3 is 2.53 bits per heavy atom. The number of hydrogen-bond acceptors (Lipinski definition) is 7. The number of nitrogens with zero attached hydrogens (tertiary/aromatic N) is 1. The average molecular weight is 696 g/mol. The SMILES string of the molecule is O=C(COc1ccc(Cl)cc1[C@H]1c2sc(=O)[nH]c2SC2C(=O)N(c3cccc(C(F)(F)F)c3)C(=O)C21)Nc1cccc2ccccc12. The van der Waals surface area contributed by atoms with Crippen molar-refractivity contribution in [1.29, 1.82) is 0 Å². The van der Waals surface area contributed by atoms with Gasteiger partial charge >= 0.3 is 11.0 Å². The van der Waals surface area contributed by atoms with Gasteiger partial charge in [-0.15, -0.1) is 0 Å². The maximum atomic E-state index is 14.1. The van der Waals surface area contributed by atoms with Crippen molar-refractivity contribution < 1.29 is 32.3 Å². The zero-order chi connectivity index (χ0) is 33.0. The number of nitrogens with one attached hydrogen (secondary N) is 2. The zero-order valence-electron chi connectivity index (χ0n) is 23.8.